The van der Waals surface area contributed by atoms with Crippen molar-refractivity contribution in [2.24, 2.45) is 7.05 Å². The van der Waals surface area contributed by atoms with E-state index in [2.05, 4.69) is 32.2 Å². The molecule has 2 atom stereocenters. The standard InChI is InChI=1S/C30H29ClF3N9O3/c1-16-15-46-22(14-42(16)13-17-10-38-41(2)12-17)28-40-25(26-27(35)37-11-23(31)43(26)28)20-5-4-18(8-21(20)45-3)29(44)39-24-9-19(6-7-36-24)30(32,33)34/h4-12,16,22H,13-15H2,1-3H3,(H2,35,37)(H,36,39,44)/t16-,22+/m0/s1. The van der Waals surface area contributed by atoms with Crippen LogP contribution in [0.25, 0.3) is 16.8 Å². The Morgan fingerprint density at radius 3 is 2.74 bits per heavy atom. The van der Waals surface area contributed by atoms with Crippen molar-refractivity contribution in [3.63, 3.8) is 0 Å². The Morgan fingerprint density at radius 1 is 1.22 bits per heavy atom. The van der Waals surface area contributed by atoms with Gasteiger partial charge in [-0.05, 0) is 37.3 Å². The van der Waals surface area contributed by atoms with Gasteiger partial charge in [-0.3, -0.25) is 18.8 Å². The van der Waals surface area contributed by atoms with Crippen LogP contribution in [0.5, 0.6) is 5.75 Å². The second-order valence-electron chi connectivity index (χ2n) is 10.9. The topological polar surface area (TPSA) is 138 Å². The van der Waals surface area contributed by atoms with Crippen molar-refractivity contribution < 1.29 is 27.4 Å². The number of morpholine rings is 1. The molecule has 1 saturated heterocycles. The van der Waals surface area contributed by atoms with Gasteiger partial charge in [0.2, 0.25) is 0 Å². The first-order valence-electron chi connectivity index (χ1n) is 14.1. The molecule has 0 radical (unpaired) electrons. The highest BCUT2D eigenvalue weighted by Crippen LogP contribution is 2.39. The summed E-state index contributed by atoms with van der Waals surface area (Å²) in [5.74, 6) is -0.0112. The number of benzene rings is 1. The van der Waals surface area contributed by atoms with Gasteiger partial charge in [0.25, 0.3) is 5.91 Å². The third-order valence-corrected chi connectivity index (χ3v) is 7.98. The number of hydrogen-bond acceptors (Lipinski definition) is 9. The minimum atomic E-state index is -4.59. The van der Waals surface area contributed by atoms with Crippen LogP contribution in [0.2, 0.25) is 5.15 Å². The summed E-state index contributed by atoms with van der Waals surface area (Å²) in [5.41, 5.74) is 7.91. The van der Waals surface area contributed by atoms with Crippen molar-refractivity contribution in [2.75, 3.05) is 31.3 Å². The number of nitrogens with one attached hydrogen (secondary N) is 1. The number of anilines is 2. The lowest BCUT2D eigenvalue weighted by molar-refractivity contribution is -0.137. The molecule has 0 saturated carbocycles. The number of aromatic nitrogens is 6. The Balaban J connectivity index is 1.34. The molecule has 1 fully saturated rings. The third-order valence-electron chi connectivity index (χ3n) is 7.71. The number of carbonyl (C=O) groups excluding carboxylic acids is 1. The molecule has 1 amide bonds. The Morgan fingerprint density at radius 2 is 2.02 bits per heavy atom. The summed E-state index contributed by atoms with van der Waals surface area (Å²) in [6.45, 7) is 3.70. The van der Waals surface area contributed by atoms with E-state index in [-0.39, 0.29) is 34.1 Å². The van der Waals surface area contributed by atoms with E-state index in [4.69, 9.17) is 31.8 Å². The van der Waals surface area contributed by atoms with Crippen LogP contribution in [0, 0.1) is 0 Å². The van der Waals surface area contributed by atoms with Gasteiger partial charge >= 0.3 is 6.18 Å². The highest BCUT2D eigenvalue weighted by atomic mass is 35.5. The molecule has 0 spiro atoms. The summed E-state index contributed by atoms with van der Waals surface area (Å²) in [6, 6.07) is 6.27. The van der Waals surface area contributed by atoms with Crippen LogP contribution >= 0.6 is 11.6 Å². The average Bonchev–Trinajstić information content (AvgIpc) is 3.63. The fraction of sp³-hybridized carbons (Fsp3) is 0.300. The van der Waals surface area contributed by atoms with E-state index < -0.39 is 23.8 Å². The van der Waals surface area contributed by atoms with Crippen LogP contribution in [0.15, 0.2) is 55.1 Å². The number of methoxy groups -OCH3 is 1. The fourth-order valence-corrected chi connectivity index (χ4v) is 5.62. The maximum absolute atomic E-state index is 13.1. The number of amides is 1. The molecule has 0 aliphatic carbocycles. The van der Waals surface area contributed by atoms with Gasteiger partial charge in [0.15, 0.2) is 0 Å². The van der Waals surface area contributed by atoms with Crippen molar-refractivity contribution in [3.8, 4) is 17.0 Å². The van der Waals surface area contributed by atoms with Gasteiger partial charge in [0.05, 0.1) is 31.7 Å². The molecule has 4 aromatic heterocycles. The fourth-order valence-electron chi connectivity index (χ4n) is 5.40. The lowest BCUT2D eigenvalue weighted by atomic mass is 10.1. The van der Waals surface area contributed by atoms with E-state index in [0.29, 0.717) is 42.3 Å². The van der Waals surface area contributed by atoms with Crippen molar-refractivity contribution >= 4 is 34.7 Å². The summed E-state index contributed by atoms with van der Waals surface area (Å²) in [6.07, 6.45) is 1.14. The molecule has 3 N–H and O–H groups in total. The van der Waals surface area contributed by atoms with E-state index >= 15 is 0 Å². The van der Waals surface area contributed by atoms with Gasteiger partial charge < -0.3 is 20.5 Å². The quantitative estimate of drug-likeness (QED) is 0.248. The number of halogens is 4. The molecule has 1 aliphatic rings. The molecule has 0 bridgehead atoms. The smallest absolute Gasteiger partial charge is 0.416 e. The molecule has 1 aromatic carbocycles. The van der Waals surface area contributed by atoms with Gasteiger partial charge in [-0.2, -0.15) is 18.3 Å². The highest BCUT2D eigenvalue weighted by Gasteiger charge is 2.33. The van der Waals surface area contributed by atoms with E-state index in [1.54, 1.807) is 15.1 Å². The van der Waals surface area contributed by atoms with Gasteiger partial charge in [-0.1, -0.05) is 11.6 Å². The number of fused-ring (bicyclic) bond motifs is 1. The maximum atomic E-state index is 13.1. The predicted octanol–water partition coefficient (Wildman–Crippen LogP) is 5.00. The first-order chi connectivity index (χ1) is 21.9. The van der Waals surface area contributed by atoms with E-state index in [0.717, 1.165) is 23.9 Å². The number of pyridine rings is 1. The van der Waals surface area contributed by atoms with Gasteiger partial charge in [0, 0.05) is 55.3 Å². The SMILES string of the molecule is COc1cc(C(=O)Nc2cc(C(F)(F)F)ccn2)ccc1-c1nc([C@H]2CN(Cc3cnn(C)c3)[C@@H](C)CO2)n2c(Cl)cnc(N)c12. The number of hydrogen-bond donors (Lipinski definition) is 2. The van der Waals surface area contributed by atoms with E-state index in [1.165, 1.54) is 25.4 Å². The number of aryl methyl sites for hydroxylation is 1. The summed E-state index contributed by atoms with van der Waals surface area (Å²) >= 11 is 6.67. The molecule has 1 aliphatic heterocycles. The summed E-state index contributed by atoms with van der Waals surface area (Å²) in [7, 11) is 3.29. The second-order valence-corrected chi connectivity index (χ2v) is 11.3. The lowest BCUT2D eigenvalue weighted by Gasteiger charge is -2.37. The van der Waals surface area contributed by atoms with Crippen LogP contribution in [-0.4, -0.2) is 66.2 Å². The molecule has 46 heavy (non-hydrogen) atoms. The van der Waals surface area contributed by atoms with E-state index in [9.17, 15) is 18.0 Å². The largest absolute Gasteiger partial charge is 0.496 e. The van der Waals surface area contributed by atoms with Crippen LogP contribution in [0.4, 0.5) is 24.8 Å². The van der Waals surface area contributed by atoms with Gasteiger partial charge in [-0.25, -0.2) is 15.0 Å². The molecule has 16 heteroatoms. The summed E-state index contributed by atoms with van der Waals surface area (Å²) < 4.78 is 54.8. The molecule has 0 unspecified atom stereocenters. The molecular weight excluding hydrogens is 627 g/mol. The summed E-state index contributed by atoms with van der Waals surface area (Å²) in [4.78, 5) is 28.3. The monoisotopic (exact) mass is 655 g/mol. The Kier molecular flexibility index (Phi) is 8.31. The zero-order valence-corrected chi connectivity index (χ0v) is 25.7. The van der Waals surface area contributed by atoms with Crippen LogP contribution in [0.3, 0.4) is 0 Å². The zero-order valence-electron chi connectivity index (χ0n) is 24.9. The minimum Gasteiger partial charge on any atom is -0.496 e. The number of alkyl halides is 3. The average molecular weight is 656 g/mol. The summed E-state index contributed by atoms with van der Waals surface area (Å²) in [5, 5.41) is 6.94. The van der Waals surface area contributed by atoms with Gasteiger partial charge in [-0.15, -0.1) is 0 Å². The number of rotatable bonds is 7. The van der Waals surface area contributed by atoms with Crippen LogP contribution < -0.4 is 15.8 Å². The Bertz CT molecular complexity index is 1930. The van der Waals surface area contributed by atoms with Crippen LogP contribution in [-0.2, 0) is 24.5 Å². The molecule has 5 aromatic rings. The molecule has 5 heterocycles. The third kappa shape index (κ3) is 6.08. The number of nitrogens with zero attached hydrogens (tertiary/aromatic N) is 7. The number of nitrogen functional groups attached to an aromatic ring is 1. The first-order valence-corrected chi connectivity index (χ1v) is 14.5. The molecular formula is C30H29ClF3N9O3. The Labute approximate surface area is 265 Å². The second kappa shape index (κ2) is 12.2. The maximum Gasteiger partial charge on any atom is 0.416 e. The van der Waals surface area contributed by atoms with Crippen molar-refractivity contribution in [2.45, 2.75) is 31.8 Å². The number of ether oxygens (including phenoxy) is 2. The zero-order chi connectivity index (χ0) is 32.7. The lowest BCUT2D eigenvalue weighted by Crippen LogP contribution is -2.44. The Hall–Kier alpha value is -4.73. The molecule has 6 rings (SSSR count). The van der Waals surface area contributed by atoms with Crippen molar-refractivity contribution in [1.29, 1.82) is 0 Å². The minimum absolute atomic E-state index is 0.114. The number of carbonyl (C=O) groups is 1. The molecule has 240 valence electrons. The predicted molar refractivity (Wildman–Crippen MR) is 163 cm³/mol. The van der Waals surface area contributed by atoms with Crippen LogP contribution in [0.1, 0.15) is 40.3 Å². The normalized spacial score (nSPS) is 17.4. The van der Waals surface area contributed by atoms with Crippen molar-refractivity contribution in [3.05, 3.63) is 82.8 Å². The van der Waals surface area contributed by atoms with E-state index in [1.807, 2.05) is 19.4 Å². The highest BCUT2D eigenvalue weighted by molar-refractivity contribution is 6.30. The molecule has 12 nitrogen and oxygen atoms in total. The van der Waals surface area contributed by atoms with Gasteiger partial charge in [0.1, 0.15) is 45.7 Å². The first kappa shape index (κ1) is 31.3. The number of nitrogens with two attached hydrogens (primary N) is 1. The van der Waals surface area contributed by atoms with Crippen molar-refractivity contribution in [1.82, 2.24) is 34.0 Å². The number of imidazole rings is 1.